The first-order valence-corrected chi connectivity index (χ1v) is 4.94. The van der Waals surface area contributed by atoms with Crippen molar-refractivity contribution in [3.8, 4) is 0 Å². The second kappa shape index (κ2) is 4.07. The van der Waals surface area contributed by atoms with Gasteiger partial charge >= 0.3 is 5.97 Å². The zero-order valence-corrected chi connectivity index (χ0v) is 9.52. The van der Waals surface area contributed by atoms with Crippen LogP contribution < -0.4 is 5.32 Å². The van der Waals surface area contributed by atoms with Crippen LogP contribution in [-0.4, -0.2) is 26.2 Å². The van der Waals surface area contributed by atoms with Crippen LogP contribution in [0.2, 0.25) is 0 Å². The van der Waals surface area contributed by atoms with Crippen LogP contribution in [-0.2, 0) is 9.53 Å². The molecule has 0 saturated heterocycles. The number of hydrogen-bond acceptors (Lipinski definition) is 3. The number of methoxy groups -OCH3 is 1. The molecule has 0 aromatic rings. The van der Waals surface area contributed by atoms with Gasteiger partial charge in [-0.2, -0.15) is 0 Å². The van der Waals surface area contributed by atoms with Gasteiger partial charge in [-0.3, -0.25) is 4.79 Å². The Labute approximate surface area is 91.0 Å². The molecule has 4 heteroatoms. The standard InChI is InChI=1S/C10H17NO2.ClH/c1-11-8-5-10(6-8)3-7(4-10)9(12)13-2;/h7-8,11H,3-6H2,1-2H3;1H. The average Bonchev–Trinajstić information content (AvgIpc) is 1.99. The summed E-state index contributed by atoms with van der Waals surface area (Å²) in [7, 11) is 3.48. The van der Waals surface area contributed by atoms with Gasteiger partial charge in [-0.05, 0) is 38.1 Å². The first-order chi connectivity index (χ1) is 6.19. The van der Waals surface area contributed by atoms with Gasteiger partial charge in [0.15, 0.2) is 0 Å². The van der Waals surface area contributed by atoms with Gasteiger partial charge in [-0.15, -0.1) is 12.4 Å². The third-order valence-electron chi connectivity index (χ3n) is 3.66. The fourth-order valence-corrected chi connectivity index (χ4v) is 2.84. The van der Waals surface area contributed by atoms with E-state index in [-0.39, 0.29) is 24.3 Å². The van der Waals surface area contributed by atoms with E-state index in [1.54, 1.807) is 0 Å². The highest BCUT2D eigenvalue weighted by Crippen LogP contribution is 2.58. The summed E-state index contributed by atoms with van der Waals surface area (Å²) in [4.78, 5) is 11.1. The van der Waals surface area contributed by atoms with Crippen molar-refractivity contribution in [2.75, 3.05) is 14.2 Å². The van der Waals surface area contributed by atoms with Gasteiger partial charge in [-0.25, -0.2) is 0 Å². The topological polar surface area (TPSA) is 38.3 Å². The van der Waals surface area contributed by atoms with E-state index in [0.29, 0.717) is 11.5 Å². The zero-order chi connectivity index (χ0) is 9.47. The maximum absolute atomic E-state index is 11.1. The molecular weight excluding hydrogens is 202 g/mol. The van der Waals surface area contributed by atoms with Crippen LogP contribution in [0.15, 0.2) is 0 Å². The molecule has 2 saturated carbocycles. The molecule has 0 aliphatic heterocycles. The molecule has 1 N–H and O–H groups in total. The lowest BCUT2D eigenvalue weighted by Gasteiger charge is -2.56. The minimum absolute atomic E-state index is 0. The van der Waals surface area contributed by atoms with E-state index >= 15 is 0 Å². The van der Waals surface area contributed by atoms with Crippen molar-refractivity contribution in [2.45, 2.75) is 31.7 Å². The van der Waals surface area contributed by atoms with Crippen LogP contribution in [0.1, 0.15) is 25.7 Å². The lowest BCUT2D eigenvalue weighted by atomic mass is 9.50. The third-order valence-corrected chi connectivity index (χ3v) is 3.66. The van der Waals surface area contributed by atoms with E-state index in [4.69, 9.17) is 4.74 Å². The van der Waals surface area contributed by atoms with Crippen LogP contribution in [0, 0.1) is 11.3 Å². The lowest BCUT2D eigenvalue weighted by molar-refractivity contribution is -0.159. The minimum Gasteiger partial charge on any atom is -0.469 e. The van der Waals surface area contributed by atoms with Gasteiger partial charge in [0.25, 0.3) is 0 Å². The number of ether oxygens (including phenoxy) is 1. The molecule has 0 unspecified atom stereocenters. The Hall–Kier alpha value is -0.280. The van der Waals surface area contributed by atoms with E-state index in [9.17, 15) is 4.79 Å². The second-order valence-electron chi connectivity index (χ2n) is 4.52. The Morgan fingerprint density at radius 3 is 2.36 bits per heavy atom. The van der Waals surface area contributed by atoms with Crippen LogP contribution in [0.25, 0.3) is 0 Å². The minimum atomic E-state index is -0.0152. The molecule has 0 radical (unpaired) electrons. The molecule has 1 spiro atoms. The van der Waals surface area contributed by atoms with Crippen molar-refractivity contribution in [1.82, 2.24) is 5.32 Å². The summed E-state index contributed by atoms with van der Waals surface area (Å²) in [6.07, 6.45) is 4.60. The Kier molecular flexibility index (Phi) is 3.43. The number of carbonyl (C=O) groups is 1. The van der Waals surface area contributed by atoms with Crippen LogP contribution in [0.4, 0.5) is 0 Å². The molecule has 3 nitrogen and oxygen atoms in total. The first kappa shape index (κ1) is 11.8. The van der Waals surface area contributed by atoms with Gasteiger partial charge < -0.3 is 10.1 Å². The molecule has 0 aromatic carbocycles. The molecule has 2 fully saturated rings. The van der Waals surface area contributed by atoms with Crippen molar-refractivity contribution in [1.29, 1.82) is 0 Å². The van der Waals surface area contributed by atoms with Crippen molar-refractivity contribution in [3.63, 3.8) is 0 Å². The fourth-order valence-electron chi connectivity index (χ4n) is 2.84. The number of esters is 1. The van der Waals surface area contributed by atoms with Gasteiger partial charge in [0.05, 0.1) is 13.0 Å². The summed E-state index contributed by atoms with van der Waals surface area (Å²) in [6.45, 7) is 0. The van der Waals surface area contributed by atoms with Gasteiger partial charge in [0.1, 0.15) is 0 Å². The van der Waals surface area contributed by atoms with E-state index in [0.717, 1.165) is 12.8 Å². The summed E-state index contributed by atoms with van der Waals surface area (Å²) in [5.41, 5.74) is 0.506. The van der Waals surface area contributed by atoms with Gasteiger partial charge in [-0.1, -0.05) is 0 Å². The molecule has 0 atom stereocenters. The average molecular weight is 220 g/mol. The lowest BCUT2D eigenvalue weighted by Crippen LogP contribution is -2.55. The summed E-state index contributed by atoms with van der Waals surface area (Å²) in [5, 5.41) is 3.27. The van der Waals surface area contributed by atoms with Crippen LogP contribution in [0.3, 0.4) is 0 Å². The summed E-state index contributed by atoms with van der Waals surface area (Å²) < 4.78 is 4.71. The molecule has 2 rings (SSSR count). The smallest absolute Gasteiger partial charge is 0.308 e. The third kappa shape index (κ3) is 1.75. The molecule has 2 aliphatic carbocycles. The molecule has 0 amide bonds. The maximum atomic E-state index is 11.1. The van der Waals surface area contributed by atoms with E-state index in [1.807, 2.05) is 7.05 Å². The molecular formula is C10H18ClNO2. The molecule has 82 valence electrons. The Morgan fingerprint density at radius 1 is 1.36 bits per heavy atom. The summed E-state index contributed by atoms with van der Waals surface area (Å²) in [6, 6.07) is 0.693. The van der Waals surface area contributed by atoms with Gasteiger partial charge in [0.2, 0.25) is 0 Å². The highest BCUT2D eigenvalue weighted by molar-refractivity contribution is 5.85. The molecule has 0 bridgehead atoms. The van der Waals surface area contributed by atoms with Crippen molar-refractivity contribution >= 4 is 18.4 Å². The fraction of sp³-hybridized carbons (Fsp3) is 0.900. The van der Waals surface area contributed by atoms with E-state index in [2.05, 4.69) is 5.32 Å². The predicted molar refractivity (Wildman–Crippen MR) is 56.5 cm³/mol. The monoisotopic (exact) mass is 219 g/mol. The van der Waals surface area contributed by atoms with E-state index < -0.39 is 0 Å². The Morgan fingerprint density at radius 2 is 1.93 bits per heavy atom. The largest absolute Gasteiger partial charge is 0.469 e. The molecule has 0 aromatic heterocycles. The molecule has 0 heterocycles. The summed E-state index contributed by atoms with van der Waals surface area (Å²) >= 11 is 0. The number of carbonyl (C=O) groups excluding carboxylic acids is 1. The summed E-state index contributed by atoms with van der Waals surface area (Å²) in [5.74, 6) is 0.182. The highest BCUT2D eigenvalue weighted by atomic mass is 35.5. The number of nitrogens with one attached hydrogen (secondary N) is 1. The Balaban J connectivity index is 0.000000980. The van der Waals surface area contributed by atoms with Crippen molar-refractivity contribution in [3.05, 3.63) is 0 Å². The normalized spacial score (nSPS) is 39.3. The number of halogens is 1. The molecule has 14 heavy (non-hydrogen) atoms. The maximum Gasteiger partial charge on any atom is 0.308 e. The molecule has 2 aliphatic rings. The zero-order valence-electron chi connectivity index (χ0n) is 8.71. The van der Waals surface area contributed by atoms with Crippen molar-refractivity contribution in [2.24, 2.45) is 11.3 Å². The number of rotatable bonds is 2. The van der Waals surface area contributed by atoms with E-state index in [1.165, 1.54) is 20.0 Å². The van der Waals surface area contributed by atoms with Crippen molar-refractivity contribution < 1.29 is 9.53 Å². The first-order valence-electron chi connectivity index (χ1n) is 4.94. The number of hydrogen-bond donors (Lipinski definition) is 1. The highest BCUT2D eigenvalue weighted by Gasteiger charge is 2.54. The van der Waals surface area contributed by atoms with Gasteiger partial charge in [0, 0.05) is 6.04 Å². The predicted octanol–water partition coefficient (Wildman–Crippen LogP) is 1.36. The quantitative estimate of drug-likeness (QED) is 0.713. The second-order valence-corrected chi connectivity index (χ2v) is 4.52. The van der Waals surface area contributed by atoms with Crippen LogP contribution >= 0.6 is 12.4 Å². The SMILES string of the molecule is CNC1CC2(C1)CC(C(=O)OC)C2.Cl. The van der Waals surface area contributed by atoms with Crippen LogP contribution in [0.5, 0.6) is 0 Å². The Bertz CT molecular complexity index is 218.